The van der Waals surface area contributed by atoms with E-state index in [-0.39, 0.29) is 0 Å². The number of carbonyl (C=O) groups is 1. The molecule has 1 aromatic carbocycles. The lowest BCUT2D eigenvalue weighted by molar-refractivity contribution is 0.0593. The molecule has 2 rings (SSSR count). The molecule has 0 N–H and O–H groups in total. The second kappa shape index (κ2) is 5.14. The normalized spacial score (nSPS) is 10.2. The number of hydrogen-bond donors (Lipinski definition) is 0. The summed E-state index contributed by atoms with van der Waals surface area (Å²) in [6, 6.07) is 9.54. The summed E-state index contributed by atoms with van der Waals surface area (Å²) in [6.07, 6.45) is 1.76. The van der Waals surface area contributed by atoms with Crippen LogP contribution in [-0.2, 0) is 11.3 Å². The Hall–Kier alpha value is -1.62. The Kier molecular flexibility index (Phi) is 3.58. The molecule has 0 bridgehead atoms. The molecule has 0 atom stereocenters. The van der Waals surface area contributed by atoms with Crippen LogP contribution in [0.5, 0.6) is 0 Å². The summed E-state index contributed by atoms with van der Waals surface area (Å²) in [7, 11) is 1.34. The van der Waals surface area contributed by atoms with E-state index < -0.39 is 5.97 Å². The molecule has 0 aliphatic rings. The van der Waals surface area contributed by atoms with E-state index in [1.165, 1.54) is 7.11 Å². The summed E-state index contributed by atoms with van der Waals surface area (Å²) in [5.41, 5.74) is 1.42. The monoisotopic (exact) mass is 294 g/mol. The number of nitrogens with zero attached hydrogens (tertiary/aromatic N) is 2. The van der Waals surface area contributed by atoms with Crippen LogP contribution in [0, 0.1) is 0 Å². The van der Waals surface area contributed by atoms with E-state index in [1.54, 1.807) is 16.9 Å². The highest BCUT2D eigenvalue weighted by atomic mass is 79.9. The zero-order chi connectivity index (χ0) is 12.3. The lowest BCUT2D eigenvalue weighted by Crippen LogP contribution is -2.06. The number of aromatic nitrogens is 2. The van der Waals surface area contributed by atoms with E-state index in [0.717, 1.165) is 10.0 Å². The Balaban J connectivity index is 2.17. The Labute approximate surface area is 107 Å². The van der Waals surface area contributed by atoms with Gasteiger partial charge in [-0.25, -0.2) is 4.79 Å². The van der Waals surface area contributed by atoms with Gasteiger partial charge in [-0.3, -0.25) is 4.68 Å². The second-order valence-corrected chi connectivity index (χ2v) is 4.34. The number of ether oxygens (including phenoxy) is 1. The Morgan fingerprint density at radius 2 is 2.18 bits per heavy atom. The van der Waals surface area contributed by atoms with Crippen molar-refractivity contribution >= 4 is 21.9 Å². The molecular weight excluding hydrogens is 284 g/mol. The van der Waals surface area contributed by atoms with Crippen LogP contribution in [-0.4, -0.2) is 22.9 Å². The molecule has 0 unspecified atom stereocenters. The van der Waals surface area contributed by atoms with Crippen molar-refractivity contribution in [3.8, 4) is 0 Å². The summed E-state index contributed by atoms with van der Waals surface area (Å²) in [5.74, 6) is -0.420. The van der Waals surface area contributed by atoms with Gasteiger partial charge >= 0.3 is 5.97 Å². The molecule has 4 nitrogen and oxygen atoms in total. The van der Waals surface area contributed by atoms with E-state index in [0.29, 0.717) is 12.2 Å². The van der Waals surface area contributed by atoms with Gasteiger partial charge in [-0.1, -0.05) is 34.1 Å². The van der Waals surface area contributed by atoms with E-state index in [1.807, 2.05) is 24.3 Å². The first kappa shape index (κ1) is 11.9. The molecule has 88 valence electrons. The van der Waals surface area contributed by atoms with Crippen molar-refractivity contribution in [1.29, 1.82) is 0 Å². The standard InChI is InChI=1S/C12H11BrN2O2/c1-17-12(16)11-6-7-15(14-11)8-9-4-2-3-5-10(9)13/h2-7H,8H2,1H3. The van der Waals surface area contributed by atoms with Crippen LogP contribution in [0.4, 0.5) is 0 Å². The smallest absolute Gasteiger partial charge is 0.358 e. The number of esters is 1. The fraction of sp³-hybridized carbons (Fsp3) is 0.167. The van der Waals surface area contributed by atoms with Gasteiger partial charge in [-0.05, 0) is 17.7 Å². The highest BCUT2D eigenvalue weighted by molar-refractivity contribution is 9.10. The van der Waals surface area contributed by atoms with Crippen LogP contribution in [0.25, 0.3) is 0 Å². The molecule has 0 saturated carbocycles. The fourth-order valence-corrected chi connectivity index (χ4v) is 1.87. The van der Waals surface area contributed by atoms with E-state index >= 15 is 0 Å². The molecule has 0 spiro atoms. The predicted molar refractivity (Wildman–Crippen MR) is 66.8 cm³/mol. The minimum atomic E-state index is -0.420. The molecule has 1 heterocycles. The number of methoxy groups -OCH3 is 1. The van der Waals surface area contributed by atoms with Gasteiger partial charge < -0.3 is 4.74 Å². The summed E-state index contributed by atoms with van der Waals surface area (Å²) in [5, 5.41) is 4.14. The van der Waals surface area contributed by atoms with E-state index in [4.69, 9.17) is 0 Å². The average molecular weight is 295 g/mol. The van der Waals surface area contributed by atoms with Gasteiger partial charge in [0.2, 0.25) is 0 Å². The van der Waals surface area contributed by atoms with Crippen LogP contribution < -0.4 is 0 Å². The number of halogens is 1. The molecule has 0 saturated heterocycles. The minimum Gasteiger partial charge on any atom is -0.464 e. The van der Waals surface area contributed by atoms with Crippen LogP contribution in [0.3, 0.4) is 0 Å². The molecule has 0 aliphatic heterocycles. The van der Waals surface area contributed by atoms with Crippen molar-refractivity contribution in [3.05, 3.63) is 52.3 Å². The minimum absolute atomic E-state index is 0.319. The van der Waals surface area contributed by atoms with Gasteiger partial charge in [-0.15, -0.1) is 0 Å². The molecular formula is C12H11BrN2O2. The van der Waals surface area contributed by atoms with Gasteiger partial charge in [0.1, 0.15) is 0 Å². The molecule has 0 fully saturated rings. The van der Waals surface area contributed by atoms with Crippen molar-refractivity contribution < 1.29 is 9.53 Å². The Morgan fingerprint density at radius 1 is 1.41 bits per heavy atom. The Morgan fingerprint density at radius 3 is 2.88 bits per heavy atom. The lowest BCUT2D eigenvalue weighted by atomic mass is 10.2. The van der Waals surface area contributed by atoms with Gasteiger partial charge in [0.25, 0.3) is 0 Å². The third kappa shape index (κ3) is 2.74. The molecule has 0 amide bonds. The van der Waals surface area contributed by atoms with Crippen molar-refractivity contribution in [2.24, 2.45) is 0 Å². The lowest BCUT2D eigenvalue weighted by Gasteiger charge is -2.04. The summed E-state index contributed by atoms with van der Waals surface area (Å²) >= 11 is 3.47. The average Bonchev–Trinajstić information content (AvgIpc) is 2.80. The first-order valence-electron chi connectivity index (χ1n) is 5.06. The molecule has 1 aromatic heterocycles. The summed E-state index contributed by atoms with van der Waals surface area (Å²) in [6.45, 7) is 0.610. The number of hydrogen-bond acceptors (Lipinski definition) is 3. The maximum atomic E-state index is 11.2. The van der Waals surface area contributed by atoms with Crippen LogP contribution in [0.1, 0.15) is 16.1 Å². The summed E-state index contributed by atoms with van der Waals surface area (Å²) < 4.78 is 7.32. The fourth-order valence-electron chi connectivity index (χ4n) is 1.46. The van der Waals surface area contributed by atoms with Gasteiger partial charge in [0, 0.05) is 10.7 Å². The zero-order valence-corrected chi connectivity index (χ0v) is 10.8. The van der Waals surface area contributed by atoms with Crippen LogP contribution in [0.2, 0.25) is 0 Å². The van der Waals surface area contributed by atoms with Crippen molar-refractivity contribution in [3.63, 3.8) is 0 Å². The quantitative estimate of drug-likeness (QED) is 0.817. The number of rotatable bonds is 3. The second-order valence-electron chi connectivity index (χ2n) is 3.48. The topological polar surface area (TPSA) is 44.1 Å². The van der Waals surface area contributed by atoms with Crippen LogP contribution in [0.15, 0.2) is 41.0 Å². The molecule has 2 aromatic rings. The first-order valence-corrected chi connectivity index (χ1v) is 5.85. The maximum absolute atomic E-state index is 11.2. The maximum Gasteiger partial charge on any atom is 0.358 e. The van der Waals surface area contributed by atoms with Gasteiger partial charge in [0.15, 0.2) is 5.69 Å². The molecule has 17 heavy (non-hydrogen) atoms. The molecule has 5 heteroatoms. The highest BCUT2D eigenvalue weighted by Crippen LogP contribution is 2.16. The third-order valence-electron chi connectivity index (χ3n) is 2.33. The molecule has 0 radical (unpaired) electrons. The third-order valence-corrected chi connectivity index (χ3v) is 3.10. The number of benzene rings is 1. The first-order chi connectivity index (χ1) is 8.20. The van der Waals surface area contributed by atoms with Crippen molar-refractivity contribution in [1.82, 2.24) is 9.78 Å². The van der Waals surface area contributed by atoms with E-state index in [9.17, 15) is 4.79 Å². The SMILES string of the molecule is COC(=O)c1ccn(Cc2ccccc2Br)n1. The van der Waals surface area contributed by atoms with Gasteiger partial charge in [0.05, 0.1) is 13.7 Å². The van der Waals surface area contributed by atoms with E-state index in [2.05, 4.69) is 25.8 Å². The van der Waals surface area contributed by atoms with Gasteiger partial charge in [-0.2, -0.15) is 5.10 Å². The van der Waals surface area contributed by atoms with Crippen molar-refractivity contribution in [2.45, 2.75) is 6.54 Å². The largest absolute Gasteiger partial charge is 0.464 e. The van der Waals surface area contributed by atoms with Crippen molar-refractivity contribution in [2.75, 3.05) is 7.11 Å². The Bertz CT molecular complexity index is 537. The summed E-state index contributed by atoms with van der Waals surface area (Å²) in [4.78, 5) is 11.2. The van der Waals surface area contributed by atoms with Crippen LogP contribution >= 0.6 is 15.9 Å². The number of carbonyl (C=O) groups excluding carboxylic acids is 1. The molecule has 0 aliphatic carbocycles. The predicted octanol–water partition coefficient (Wildman–Crippen LogP) is 2.48. The highest BCUT2D eigenvalue weighted by Gasteiger charge is 2.09. The zero-order valence-electron chi connectivity index (χ0n) is 9.26.